The molecule has 0 aliphatic heterocycles. The molecule has 0 saturated heterocycles. The Morgan fingerprint density at radius 2 is 2.20 bits per heavy atom. The van der Waals surface area contributed by atoms with E-state index >= 15 is 0 Å². The fourth-order valence-corrected chi connectivity index (χ4v) is 1.66. The van der Waals surface area contributed by atoms with E-state index in [0.717, 1.165) is 12.1 Å². The predicted molar refractivity (Wildman–Crippen MR) is 69.2 cm³/mol. The lowest BCUT2D eigenvalue weighted by Gasteiger charge is -2.10. The van der Waals surface area contributed by atoms with E-state index in [4.69, 9.17) is 0 Å². The molecule has 0 spiro atoms. The Morgan fingerprint density at radius 3 is 2.73 bits per heavy atom. The molecule has 0 fully saturated rings. The largest absolute Gasteiger partial charge is 0.388 e. The Hall–Kier alpha value is -1.50. The Balaban J connectivity index is 3.21. The van der Waals surface area contributed by atoms with E-state index in [0.29, 0.717) is 0 Å². The number of nitrogens with one attached hydrogen (secondary N) is 1. The van der Waals surface area contributed by atoms with E-state index < -0.39 is 0 Å². The number of anilines is 1. The quantitative estimate of drug-likeness (QED) is 0.726. The monoisotopic (exact) mass is 201 g/mol. The van der Waals surface area contributed by atoms with Gasteiger partial charge in [-0.05, 0) is 42.2 Å². The fourth-order valence-electron chi connectivity index (χ4n) is 1.66. The van der Waals surface area contributed by atoms with Gasteiger partial charge in [0.1, 0.15) is 0 Å². The highest BCUT2D eigenvalue weighted by Gasteiger charge is 2.03. The Labute approximate surface area is 92.5 Å². The zero-order chi connectivity index (χ0) is 11.3. The summed E-state index contributed by atoms with van der Waals surface area (Å²) in [4.78, 5) is 0. The van der Waals surface area contributed by atoms with Gasteiger partial charge in [-0.25, -0.2) is 0 Å². The highest BCUT2D eigenvalue weighted by molar-refractivity contribution is 5.72. The topological polar surface area (TPSA) is 12.0 Å². The van der Waals surface area contributed by atoms with Crippen molar-refractivity contribution in [2.45, 2.75) is 20.3 Å². The van der Waals surface area contributed by atoms with E-state index in [2.05, 4.69) is 50.0 Å². The van der Waals surface area contributed by atoms with Crippen LogP contribution in [-0.2, 0) is 0 Å². The van der Waals surface area contributed by atoms with Gasteiger partial charge in [-0.1, -0.05) is 31.7 Å². The first-order valence-electron chi connectivity index (χ1n) is 5.33. The molecular weight excluding hydrogens is 182 g/mol. The van der Waals surface area contributed by atoms with Crippen LogP contribution < -0.4 is 5.32 Å². The van der Waals surface area contributed by atoms with Crippen LogP contribution in [0.4, 0.5) is 5.69 Å². The second-order valence-corrected chi connectivity index (χ2v) is 3.56. The van der Waals surface area contributed by atoms with Crippen LogP contribution in [0.2, 0.25) is 0 Å². The minimum absolute atomic E-state index is 1.03. The van der Waals surface area contributed by atoms with Gasteiger partial charge in [0.05, 0.1) is 0 Å². The zero-order valence-electron chi connectivity index (χ0n) is 9.80. The van der Waals surface area contributed by atoms with E-state index in [1.165, 1.54) is 16.7 Å². The van der Waals surface area contributed by atoms with Crippen molar-refractivity contribution < 1.29 is 0 Å². The molecule has 0 saturated carbocycles. The van der Waals surface area contributed by atoms with Crippen LogP contribution in [0.3, 0.4) is 0 Å². The van der Waals surface area contributed by atoms with Gasteiger partial charge in [0.25, 0.3) is 0 Å². The zero-order valence-corrected chi connectivity index (χ0v) is 9.80. The SMILES string of the molecule is C=C/C=C(/CC)c1cc(NC)ccc1C. The summed E-state index contributed by atoms with van der Waals surface area (Å²) in [6.07, 6.45) is 4.96. The van der Waals surface area contributed by atoms with Crippen molar-refractivity contribution >= 4 is 11.3 Å². The van der Waals surface area contributed by atoms with Crippen LogP contribution in [0.15, 0.2) is 36.9 Å². The van der Waals surface area contributed by atoms with Crippen LogP contribution in [0.1, 0.15) is 24.5 Å². The van der Waals surface area contributed by atoms with E-state index in [-0.39, 0.29) is 0 Å². The molecule has 0 unspecified atom stereocenters. The lowest BCUT2D eigenvalue weighted by molar-refractivity contribution is 1.22. The van der Waals surface area contributed by atoms with E-state index in [9.17, 15) is 0 Å². The molecule has 0 aliphatic carbocycles. The molecule has 80 valence electrons. The summed E-state index contributed by atoms with van der Waals surface area (Å²) in [7, 11) is 1.94. The maximum absolute atomic E-state index is 3.75. The number of benzene rings is 1. The minimum Gasteiger partial charge on any atom is -0.388 e. The molecule has 15 heavy (non-hydrogen) atoms. The average molecular weight is 201 g/mol. The van der Waals surface area contributed by atoms with Gasteiger partial charge < -0.3 is 5.32 Å². The second-order valence-electron chi connectivity index (χ2n) is 3.56. The van der Waals surface area contributed by atoms with Crippen molar-refractivity contribution in [3.05, 3.63) is 48.1 Å². The third-order valence-electron chi connectivity index (χ3n) is 2.57. The summed E-state index contributed by atoms with van der Waals surface area (Å²) in [5, 5.41) is 3.16. The molecule has 1 aromatic rings. The van der Waals surface area contributed by atoms with Crippen LogP contribution in [0.5, 0.6) is 0 Å². The van der Waals surface area contributed by atoms with Crippen molar-refractivity contribution in [2.75, 3.05) is 12.4 Å². The summed E-state index contributed by atoms with van der Waals surface area (Å²) in [5.41, 5.74) is 5.10. The predicted octanol–water partition coefficient (Wildman–Crippen LogP) is 4.02. The first-order chi connectivity index (χ1) is 7.22. The van der Waals surface area contributed by atoms with E-state index in [1.807, 2.05) is 13.1 Å². The second kappa shape index (κ2) is 5.40. The van der Waals surface area contributed by atoms with Crippen LogP contribution in [0.25, 0.3) is 5.57 Å². The molecular formula is C14H19N. The highest BCUT2D eigenvalue weighted by atomic mass is 14.8. The van der Waals surface area contributed by atoms with Gasteiger partial charge >= 0.3 is 0 Å². The molecule has 0 bridgehead atoms. The average Bonchev–Trinajstić information content (AvgIpc) is 2.27. The number of allylic oxidation sites excluding steroid dienone is 3. The van der Waals surface area contributed by atoms with Crippen LogP contribution in [-0.4, -0.2) is 7.05 Å². The number of rotatable bonds is 4. The fraction of sp³-hybridized carbons (Fsp3) is 0.286. The van der Waals surface area contributed by atoms with Crippen molar-refractivity contribution in [1.29, 1.82) is 0 Å². The number of aryl methyl sites for hydroxylation is 1. The number of hydrogen-bond donors (Lipinski definition) is 1. The van der Waals surface area contributed by atoms with Gasteiger partial charge in [0.2, 0.25) is 0 Å². The van der Waals surface area contributed by atoms with Crippen molar-refractivity contribution in [3.8, 4) is 0 Å². The Bertz CT molecular complexity index is 375. The number of hydrogen-bond acceptors (Lipinski definition) is 1. The molecule has 1 rings (SSSR count). The molecule has 1 N–H and O–H groups in total. The van der Waals surface area contributed by atoms with Gasteiger partial charge in [-0.15, -0.1) is 0 Å². The summed E-state index contributed by atoms with van der Waals surface area (Å²) >= 11 is 0. The molecule has 0 aliphatic rings. The summed E-state index contributed by atoms with van der Waals surface area (Å²) < 4.78 is 0. The van der Waals surface area contributed by atoms with Crippen molar-refractivity contribution in [2.24, 2.45) is 0 Å². The Morgan fingerprint density at radius 1 is 1.47 bits per heavy atom. The summed E-state index contributed by atoms with van der Waals surface area (Å²) in [6.45, 7) is 8.06. The molecule has 0 amide bonds. The van der Waals surface area contributed by atoms with Crippen LogP contribution in [0, 0.1) is 6.92 Å². The van der Waals surface area contributed by atoms with Crippen molar-refractivity contribution in [1.82, 2.24) is 0 Å². The molecule has 1 nitrogen and oxygen atoms in total. The first-order valence-corrected chi connectivity index (χ1v) is 5.33. The molecule has 0 atom stereocenters. The first kappa shape index (κ1) is 11.6. The molecule has 0 radical (unpaired) electrons. The highest BCUT2D eigenvalue weighted by Crippen LogP contribution is 2.24. The summed E-state index contributed by atoms with van der Waals surface area (Å²) in [5.74, 6) is 0. The van der Waals surface area contributed by atoms with Crippen molar-refractivity contribution in [3.63, 3.8) is 0 Å². The normalized spacial score (nSPS) is 11.3. The standard InChI is InChI=1S/C14H19N/c1-5-7-12(6-2)14-10-13(15-4)9-8-11(14)3/h5,7-10,15H,1,6H2,2-4H3/b12-7-. The third kappa shape index (κ3) is 2.72. The lowest BCUT2D eigenvalue weighted by Crippen LogP contribution is -1.93. The minimum atomic E-state index is 1.03. The third-order valence-corrected chi connectivity index (χ3v) is 2.57. The van der Waals surface area contributed by atoms with Gasteiger partial charge in [0, 0.05) is 12.7 Å². The smallest absolute Gasteiger partial charge is 0.0343 e. The molecule has 0 aromatic heterocycles. The van der Waals surface area contributed by atoms with Gasteiger partial charge in [-0.3, -0.25) is 0 Å². The Kier molecular flexibility index (Phi) is 4.17. The maximum Gasteiger partial charge on any atom is 0.0343 e. The molecule has 1 aromatic carbocycles. The molecule has 0 heterocycles. The molecule has 1 heteroatoms. The van der Waals surface area contributed by atoms with E-state index in [1.54, 1.807) is 0 Å². The lowest BCUT2D eigenvalue weighted by atomic mass is 9.97. The van der Waals surface area contributed by atoms with Crippen LogP contribution >= 0.6 is 0 Å². The maximum atomic E-state index is 3.75. The van der Waals surface area contributed by atoms with Gasteiger partial charge in [0.15, 0.2) is 0 Å². The summed E-state index contributed by atoms with van der Waals surface area (Å²) in [6, 6.07) is 6.43. The van der Waals surface area contributed by atoms with Gasteiger partial charge in [-0.2, -0.15) is 0 Å².